The van der Waals surface area contributed by atoms with Crippen molar-refractivity contribution in [2.45, 2.75) is 0 Å². The van der Waals surface area contributed by atoms with Crippen LogP contribution in [0.2, 0.25) is 0 Å². The SMILES string of the molecule is C=CCOc1c(I)cc(/C=N/NC(N)=S)cc1OC. The number of nitrogens with zero attached hydrogens (tertiary/aromatic N) is 1. The molecule has 7 heteroatoms. The summed E-state index contributed by atoms with van der Waals surface area (Å²) in [5.74, 6) is 1.31. The van der Waals surface area contributed by atoms with Crippen LogP contribution in [0.3, 0.4) is 0 Å². The van der Waals surface area contributed by atoms with Crippen molar-refractivity contribution in [3.05, 3.63) is 33.9 Å². The van der Waals surface area contributed by atoms with Gasteiger partial charge in [0.25, 0.3) is 0 Å². The fraction of sp³-hybridized carbons (Fsp3) is 0.167. The molecule has 1 rings (SSSR count). The Labute approximate surface area is 131 Å². The maximum Gasteiger partial charge on any atom is 0.184 e. The van der Waals surface area contributed by atoms with E-state index in [4.69, 9.17) is 15.2 Å². The summed E-state index contributed by atoms with van der Waals surface area (Å²) >= 11 is 6.82. The highest BCUT2D eigenvalue weighted by molar-refractivity contribution is 14.1. The molecule has 0 atom stereocenters. The number of hydrogen-bond acceptors (Lipinski definition) is 4. The van der Waals surface area contributed by atoms with Gasteiger partial charge in [0.1, 0.15) is 6.61 Å². The van der Waals surface area contributed by atoms with Crippen LogP contribution >= 0.6 is 34.8 Å². The van der Waals surface area contributed by atoms with Crippen LogP contribution in [-0.4, -0.2) is 25.0 Å². The number of halogens is 1. The number of ether oxygens (including phenoxy) is 2. The number of rotatable bonds is 6. The lowest BCUT2D eigenvalue weighted by Gasteiger charge is -2.12. The van der Waals surface area contributed by atoms with Crippen LogP contribution in [0.25, 0.3) is 0 Å². The maximum atomic E-state index is 5.55. The number of hydrazone groups is 1. The first-order chi connectivity index (χ1) is 9.08. The number of nitrogens with one attached hydrogen (secondary N) is 1. The topological polar surface area (TPSA) is 68.9 Å². The van der Waals surface area contributed by atoms with E-state index in [1.807, 2.05) is 12.1 Å². The lowest BCUT2D eigenvalue weighted by Crippen LogP contribution is -2.24. The third kappa shape index (κ3) is 5.03. The highest BCUT2D eigenvalue weighted by Gasteiger charge is 2.10. The summed E-state index contributed by atoms with van der Waals surface area (Å²) in [7, 11) is 1.58. The van der Waals surface area contributed by atoms with Gasteiger partial charge >= 0.3 is 0 Å². The van der Waals surface area contributed by atoms with Crippen LogP contribution in [0.1, 0.15) is 5.56 Å². The quantitative estimate of drug-likeness (QED) is 0.255. The van der Waals surface area contributed by atoms with Crippen molar-refractivity contribution in [2.24, 2.45) is 10.8 Å². The molecule has 0 fully saturated rings. The van der Waals surface area contributed by atoms with Gasteiger partial charge in [0.2, 0.25) is 0 Å². The Hall–Kier alpha value is -1.35. The zero-order valence-electron chi connectivity index (χ0n) is 10.4. The average Bonchev–Trinajstić information content (AvgIpc) is 2.36. The van der Waals surface area contributed by atoms with Gasteiger partial charge in [0.05, 0.1) is 16.9 Å². The van der Waals surface area contributed by atoms with Gasteiger partial charge in [-0.25, -0.2) is 0 Å². The summed E-state index contributed by atoms with van der Waals surface area (Å²) in [4.78, 5) is 0. The molecule has 0 saturated heterocycles. The van der Waals surface area contributed by atoms with E-state index < -0.39 is 0 Å². The zero-order valence-corrected chi connectivity index (χ0v) is 13.3. The minimum absolute atomic E-state index is 0.115. The molecule has 0 aliphatic rings. The lowest BCUT2D eigenvalue weighted by molar-refractivity contribution is 0.324. The normalized spacial score (nSPS) is 10.2. The van der Waals surface area contributed by atoms with Gasteiger partial charge in [-0.2, -0.15) is 5.10 Å². The predicted octanol–water partition coefficient (Wildman–Crippen LogP) is 2.03. The van der Waals surface area contributed by atoms with Crippen LogP contribution in [-0.2, 0) is 0 Å². The van der Waals surface area contributed by atoms with E-state index in [1.54, 1.807) is 19.4 Å². The molecule has 0 radical (unpaired) electrons. The van der Waals surface area contributed by atoms with Crippen molar-refractivity contribution in [1.29, 1.82) is 0 Å². The van der Waals surface area contributed by atoms with Crippen molar-refractivity contribution in [3.8, 4) is 11.5 Å². The van der Waals surface area contributed by atoms with Crippen molar-refractivity contribution >= 4 is 46.1 Å². The fourth-order valence-corrected chi connectivity index (χ4v) is 2.10. The van der Waals surface area contributed by atoms with Crippen LogP contribution in [0.15, 0.2) is 29.9 Å². The first kappa shape index (κ1) is 15.7. The molecule has 0 aliphatic heterocycles. The summed E-state index contributed by atoms with van der Waals surface area (Å²) < 4.78 is 11.8. The summed E-state index contributed by atoms with van der Waals surface area (Å²) in [5, 5.41) is 4.01. The Kier molecular flexibility index (Phi) is 6.57. The van der Waals surface area contributed by atoms with E-state index in [2.05, 4.69) is 51.9 Å². The molecule has 0 aromatic heterocycles. The Morgan fingerprint density at radius 3 is 2.95 bits per heavy atom. The van der Waals surface area contributed by atoms with Gasteiger partial charge in [-0.3, -0.25) is 5.43 Å². The average molecular weight is 391 g/mol. The molecule has 0 bridgehead atoms. The largest absolute Gasteiger partial charge is 0.493 e. The third-order valence-corrected chi connectivity index (χ3v) is 2.88. The third-order valence-electron chi connectivity index (χ3n) is 1.99. The molecule has 0 amide bonds. The minimum atomic E-state index is 0.115. The van der Waals surface area contributed by atoms with Crippen molar-refractivity contribution in [2.75, 3.05) is 13.7 Å². The first-order valence-corrected chi connectivity index (χ1v) is 6.77. The summed E-state index contributed by atoms with van der Waals surface area (Å²) in [5.41, 5.74) is 8.61. The first-order valence-electron chi connectivity index (χ1n) is 5.28. The Morgan fingerprint density at radius 2 is 2.37 bits per heavy atom. The smallest absolute Gasteiger partial charge is 0.184 e. The zero-order chi connectivity index (χ0) is 14.3. The molecule has 102 valence electrons. The highest BCUT2D eigenvalue weighted by atomic mass is 127. The molecule has 0 saturated carbocycles. The minimum Gasteiger partial charge on any atom is -0.493 e. The van der Waals surface area contributed by atoms with E-state index in [-0.39, 0.29) is 5.11 Å². The molecule has 1 aromatic rings. The van der Waals surface area contributed by atoms with Crippen molar-refractivity contribution in [1.82, 2.24) is 5.43 Å². The monoisotopic (exact) mass is 391 g/mol. The molecule has 5 nitrogen and oxygen atoms in total. The fourth-order valence-electron chi connectivity index (χ4n) is 1.27. The molecule has 0 aliphatic carbocycles. The van der Waals surface area contributed by atoms with Crippen LogP contribution in [0.4, 0.5) is 0 Å². The maximum absolute atomic E-state index is 5.55. The van der Waals surface area contributed by atoms with Gasteiger partial charge < -0.3 is 15.2 Å². The number of nitrogens with two attached hydrogens (primary N) is 1. The number of benzene rings is 1. The lowest BCUT2D eigenvalue weighted by atomic mass is 10.2. The molecule has 3 N–H and O–H groups in total. The number of methoxy groups -OCH3 is 1. The van der Waals surface area contributed by atoms with E-state index in [0.717, 1.165) is 9.13 Å². The second-order valence-electron chi connectivity index (χ2n) is 3.37. The van der Waals surface area contributed by atoms with E-state index in [1.165, 1.54) is 0 Å². The van der Waals surface area contributed by atoms with Crippen LogP contribution in [0.5, 0.6) is 11.5 Å². The Bertz CT molecular complexity index is 506. The van der Waals surface area contributed by atoms with Crippen LogP contribution < -0.4 is 20.6 Å². The Morgan fingerprint density at radius 1 is 1.63 bits per heavy atom. The van der Waals surface area contributed by atoms with Gasteiger partial charge in [-0.15, -0.1) is 0 Å². The van der Waals surface area contributed by atoms with Gasteiger partial charge in [0, 0.05) is 0 Å². The molecular formula is C12H14IN3O2S. The molecular weight excluding hydrogens is 377 g/mol. The summed E-state index contributed by atoms with van der Waals surface area (Å²) in [6.45, 7) is 4.03. The second-order valence-corrected chi connectivity index (χ2v) is 4.97. The molecule has 0 unspecified atom stereocenters. The van der Waals surface area contributed by atoms with Gasteiger partial charge in [-0.1, -0.05) is 12.7 Å². The standard InChI is InChI=1S/C12H14IN3O2S/c1-3-4-18-11-9(13)5-8(6-10(11)17-2)7-15-16-12(14)19/h3,5-7H,1,4H2,2H3,(H3,14,16,19)/b15-7+. The Balaban J connectivity index is 2.98. The number of thiocarbonyl (C=S) groups is 1. The van der Waals surface area contributed by atoms with Crippen molar-refractivity contribution < 1.29 is 9.47 Å². The molecule has 0 heterocycles. The van der Waals surface area contributed by atoms with E-state index in [9.17, 15) is 0 Å². The van der Waals surface area contributed by atoms with Gasteiger partial charge in [0.15, 0.2) is 16.6 Å². The summed E-state index contributed by atoms with van der Waals surface area (Å²) in [6.07, 6.45) is 3.28. The van der Waals surface area contributed by atoms with E-state index in [0.29, 0.717) is 18.1 Å². The van der Waals surface area contributed by atoms with Gasteiger partial charge in [-0.05, 0) is 52.5 Å². The molecule has 1 aromatic carbocycles. The van der Waals surface area contributed by atoms with E-state index >= 15 is 0 Å². The number of hydrogen-bond donors (Lipinski definition) is 2. The molecule has 0 spiro atoms. The highest BCUT2D eigenvalue weighted by Crippen LogP contribution is 2.33. The van der Waals surface area contributed by atoms with Crippen LogP contribution in [0, 0.1) is 3.57 Å². The second kappa shape index (κ2) is 7.95. The summed E-state index contributed by atoms with van der Waals surface area (Å²) in [6, 6.07) is 3.72. The molecule has 19 heavy (non-hydrogen) atoms. The van der Waals surface area contributed by atoms with Crippen molar-refractivity contribution in [3.63, 3.8) is 0 Å². The predicted molar refractivity (Wildman–Crippen MR) is 88.9 cm³/mol.